The van der Waals surface area contributed by atoms with E-state index in [2.05, 4.69) is 0 Å². The summed E-state index contributed by atoms with van der Waals surface area (Å²) >= 11 is 0. The molecule has 0 spiro atoms. The first-order valence-corrected chi connectivity index (χ1v) is 5.63. The van der Waals surface area contributed by atoms with Crippen LogP contribution in [0.25, 0.3) is 0 Å². The van der Waals surface area contributed by atoms with Crippen LogP contribution in [-0.4, -0.2) is 29.5 Å². The molecule has 1 amide bonds. The third-order valence-corrected chi connectivity index (χ3v) is 3.04. The van der Waals surface area contributed by atoms with Gasteiger partial charge in [-0.2, -0.15) is 0 Å². The van der Waals surface area contributed by atoms with Crippen molar-refractivity contribution in [1.29, 1.82) is 0 Å². The van der Waals surface area contributed by atoms with E-state index in [1.165, 1.54) is 12.8 Å². The van der Waals surface area contributed by atoms with Gasteiger partial charge in [0.15, 0.2) is 0 Å². The summed E-state index contributed by atoms with van der Waals surface area (Å²) in [4.78, 5) is 13.7. The summed E-state index contributed by atoms with van der Waals surface area (Å²) in [5.41, 5.74) is 1.15. The summed E-state index contributed by atoms with van der Waals surface area (Å²) in [6, 6.07) is 5.27. The fourth-order valence-corrected chi connectivity index (χ4v) is 1.81. The lowest BCUT2D eigenvalue weighted by Gasteiger charge is -2.17. The Morgan fingerprint density at radius 2 is 2.19 bits per heavy atom. The van der Waals surface area contributed by atoms with Crippen LogP contribution < -0.4 is 0 Å². The van der Waals surface area contributed by atoms with Gasteiger partial charge in [0.05, 0.1) is 5.56 Å². The fraction of sp³-hybridized carbons (Fsp3) is 0.462. The van der Waals surface area contributed by atoms with Crippen molar-refractivity contribution >= 4 is 5.91 Å². The van der Waals surface area contributed by atoms with Crippen molar-refractivity contribution in [1.82, 2.24) is 4.90 Å². The van der Waals surface area contributed by atoms with Crippen LogP contribution in [0.1, 0.15) is 28.8 Å². The van der Waals surface area contributed by atoms with E-state index >= 15 is 0 Å². The third-order valence-electron chi connectivity index (χ3n) is 3.04. The Morgan fingerprint density at radius 3 is 2.81 bits per heavy atom. The molecule has 1 aliphatic carbocycles. The Bertz CT molecular complexity index is 410. The standard InChI is InChI=1S/C13H17NO2/c1-9-4-3-5-11(12(9)15)13(16)14(2)8-10-6-7-10/h3-5,10,15H,6-8H2,1-2H3. The average Bonchev–Trinajstić information content (AvgIpc) is 3.05. The fourth-order valence-electron chi connectivity index (χ4n) is 1.81. The zero-order valence-electron chi connectivity index (χ0n) is 9.73. The molecule has 1 aromatic rings. The second-order valence-electron chi connectivity index (χ2n) is 4.60. The highest BCUT2D eigenvalue weighted by Gasteiger charge is 2.26. The van der Waals surface area contributed by atoms with E-state index < -0.39 is 0 Å². The molecular formula is C13H17NO2. The van der Waals surface area contributed by atoms with Gasteiger partial charge in [-0.1, -0.05) is 12.1 Å². The Morgan fingerprint density at radius 1 is 1.50 bits per heavy atom. The molecule has 1 fully saturated rings. The number of carbonyl (C=O) groups is 1. The molecule has 0 aliphatic heterocycles. The molecule has 0 saturated heterocycles. The lowest BCUT2D eigenvalue weighted by molar-refractivity contribution is 0.0785. The van der Waals surface area contributed by atoms with Crippen molar-refractivity contribution in [2.75, 3.05) is 13.6 Å². The number of carbonyl (C=O) groups excluding carboxylic acids is 1. The lowest BCUT2D eigenvalue weighted by Crippen LogP contribution is -2.28. The van der Waals surface area contributed by atoms with Gasteiger partial charge >= 0.3 is 0 Å². The van der Waals surface area contributed by atoms with Crippen LogP contribution in [0.15, 0.2) is 18.2 Å². The summed E-state index contributed by atoms with van der Waals surface area (Å²) < 4.78 is 0. The minimum Gasteiger partial charge on any atom is -0.507 e. The van der Waals surface area contributed by atoms with Gasteiger partial charge in [-0.25, -0.2) is 0 Å². The number of phenolic OH excluding ortho intramolecular Hbond substituents is 1. The third kappa shape index (κ3) is 2.18. The van der Waals surface area contributed by atoms with Crippen molar-refractivity contribution < 1.29 is 9.90 Å². The maximum absolute atomic E-state index is 12.0. The number of hydrogen-bond donors (Lipinski definition) is 1. The molecule has 0 bridgehead atoms. The van der Waals surface area contributed by atoms with E-state index in [4.69, 9.17) is 0 Å². The van der Waals surface area contributed by atoms with Gasteiger partial charge in [0, 0.05) is 13.6 Å². The van der Waals surface area contributed by atoms with Gasteiger partial charge in [-0.05, 0) is 37.3 Å². The van der Waals surface area contributed by atoms with E-state index in [0.717, 1.165) is 12.1 Å². The molecule has 1 aliphatic rings. The summed E-state index contributed by atoms with van der Waals surface area (Å²) in [6.07, 6.45) is 2.44. The number of rotatable bonds is 3. The van der Waals surface area contributed by atoms with Crippen LogP contribution in [0.4, 0.5) is 0 Å². The molecular weight excluding hydrogens is 202 g/mol. The molecule has 1 aromatic carbocycles. The number of aryl methyl sites for hydroxylation is 1. The molecule has 0 atom stereocenters. The highest BCUT2D eigenvalue weighted by atomic mass is 16.3. The Kier molecular flexibility index (Phi) is 2.86. The van der Waals surface area contributed by atoms with Crippen LogP contribution in [-0.2, 0) is 0 Å². The Labute approximate surface area is 95.7 Å². The van der Waals surface area contributed by atoms with Crippen molar-refractivity contribution in [3.8, 4) is 5.75 Å². The highest BCUT2D eigenvalue weighted by molar-refractivity contribution is 5.97. The molecule has 16 heavy (non-hydrogen) atoms. The van der Waals surface area contributed by atoms with Crippen molar-refractivity contribution in [2.24, 2.45) is 5.92 Å². The normalized spacial score (nSPS) is 14.9. The number of aromatic hydroxyl groups is 1. The molecule has 86 valence electrons. The minimum absolute atomic E-state index is 0.0897. The van der Waals surface area contributed by atoms with Crippen molar-refractivity contribution in [3.63, 3.8) is 0 Å². The molecule has 3 nitrogen and oxygen atoms in total. The second-order valence-corrected chi connectivity index (χ2v) is 4.60. The average molecular weight is 219 g/mol. The van der Waals surface area contributed by atoms with Crippen LogP contribution >= 0.6 is 0 Å². The van der Waals surface area contributed by atoms with E-state index in [-0.39, 0.29) is 11.7 Å². The van der Waals surface area contributed by atoms with E-state index in [0.29, 0.717) is 11.5 Å². The number of amides is 1. The Balaban J connectivity index is 2.15. The molecule has 1 saturated carbocycles. The maximum atomic E-state index is 12.0. The van der Waals surface area contributed by atoms with E-state index in [9.17, 15) is 9.90 Å². The van der Waals surface area contributed by atoms with Crippen LogP contribution in [0.3, 0.4) is 0 Å². The molecule has 1 N–H and O–H groups in total. The van der Waals surface area contributed by atoms with Gasteiger partial charge in [0.25, 0.3) is 5.91 Å². The minimum atomic E-state index is -0.0897. The summed E-state index contributed by atoms with van der Waals surface area (Å²) in [5.74, 6) is 0.684. The molecule has 2 rings (SSSR count). The highest BCUT2D eigenvalue weighted by Crippen LogP contribution is 2.30. The maximum Gasteiger partial charge on any atom is 0.257 e. The number of benzene rings is 1. The molecule has 0 heterocycles. The van der Waals surface area contributed by atoms with Crippen molar-refractivity contribution in [3.05, 3.63) is 29.3 Å². The van der Waals surface area contributed by atoms with E-state index in [1.807, 2.05) is 0 Å². The monoisotopic (exact) mass is 219 g/mol. The van der Waals surface area contributed by atoms with Crippen molar-refractivity contribution in [2.45, 2.75) is 19.8 Å². The Hall–Kier alpha value is -1.51. The largest absolute Gasteiger partial charge is 0.507 e. The molecule has 3 heteroatoms. The quantitative estimate of drug-likeness (QED) is 0.846. The van der Waals surface area contributed by atoms with Gasteiger partial charge < -0.3 is 10.0 Å². The smallest absolute Gasteiger partial charge is 0.257 e. The first kappa shape index (κ1) is 11.0. The first-order chi connectivity index (χ1) is 7.59. The zero-order chi connectivity index (χ0) is 11.7. The van der Waals surface area contributed by atoms with Gasteiger partial charge in [0.1, 0.15) is 5.75 Å². The van der Waals surface area contributed by atoms with Crippen LogP contribution in [0, 0.1) is 12.8 Å². The van der Waals surface area contributed by atoms with E-state index in [1.54, 1.807) is 37.1 Å². The SMILES string of the molecule is Cc1cccc(C(=O)N(C)CC2CC2)c1O. The summed E-state index contributed by atoms with van der Waals surface area (Å²) in [5, 5.41) is 9.82. The zero-order valence-corrected chi connectivity index (χ0v) is 9.73. The summed E-state index contributed by atoms with van der Waals surface area (Å²) in [6.45, 7) is 2.60. The van der Waals surface area contributed by atoms with Crippen LogP contribution in [0.2, 0.25) is 0 Å². The predicted octanol–water partition coefficient (Wildman–Crippen LogP) is 2.18. The number of para-hydroxylation sites is 1. The number of hydrogen-bond acceptors (Lipinski definition) is 2. The lowest BCUT2D eigenvalue weighted by atomic mass is 10.1. The number of phenols is 1. The molecule has 0 radical (unpaired) electrons. The predicted molar refractivity (Wildman–Crippen MR) is 62.5 cm³/mol. The molecule has 0 aromatic heterocycles. The number of nitrogens with zero attached hydrogens (tertiary/aromatic N) is 1. The molecule has 0 unspecified atom stereocenters. The van der Waals surface area contributed by atoms with Gasteiger partial charge in [-0.15, -0.1) is 0 Å². The topological polar surface area (TPSA) is 40.5 Å². The van der Waals surface area contributed by atoms with Gasteiger partial charge in [-0.3, -0.25) is 4.79 Å². The van der Waals surface area contributed by atoms with Crippen LogP contribution in [0.5, 0.6) is 5.75 Å². The summed E-state index contributed by atoms with van der Waals surface area (Å²) in [7, 11) is 1.79. The second kappa shape index (κ2) is 4.16. The van der Waals surface area contributed by atoms with Gasteiger partial charge in [0.2, 0.25) is 0 Å². The first-order valence-electron chi connectivity index (χ1n) is 5.63.